The van der Waals surface area contributed by atoms with Gasteiger partial charge in [-0.05, 0) is 62.3 Å². The maximum absolute atomic E-state index is 13.1. The van der Waals surface area contributed by atoms with Gasteiger partial charge in [-0.1, -0.05) is 29.5 Å². The number of aromatic nitrogens is 1. The fraction of sp³-hybridized carbons (Fsp3) is 0.364. The third-order valence-electron chi connectivity index (χ3n) is 5.57. The van der Waals surface area contributed by atoms with E-state index in [0.717, 1.165) is 20.7 Å². The van der Waals surface area contributed by atoms with E-state index >= 15 is 0 Å². The van der Waals surface area contributed by atoms with Crippen LogP contribution in [0.4, 0.5) is 5.13 Å². The zero-order valence-corrected chi connectivity index (χ0v) is 20.2. The Bertz CT molecular complexity index is 1230. The summed E-state index contributed by atoms with van der Waals surface area (Å²) in [6.07, 6.45) is 2.86. The van der Waals surface area contributed by atoms with E-state index in [9.17, 15) is 13.2 Å². The van der Waals surface area contributed by atoms with Gasteiger partial charge in [-0.2, -0.15) is 4.31 Å². The van der Waals surface area contributed by atoms with Crippen LogP contribution in [0.15, 0.2) is 46.2 Å². The van der Waals surface area contributed by atoms with Crippen molar-refractivity contribution >= 4 is 54.4 Å². The molecule has 164 valence electrons. The van der Waals surface area contributed by atoms with Gasteiger partial charge in [0.25, 0.3) is 0 Å². The van der Waals surface area contributed by atoms with Gasteiger partial charge >= 0.3 is 0 Å². The lowest BCUT2D eigenvalue weighted by molar-refractivity contribution is -0.120. The molecule has 1 aromatic heterocycles. The van der Waals surface area contributed by atoms with E-state index in [0.29, 0.717) is 36.0 Å². The van der Waals surface area contributed by atoms with E-state index in [1.54, 1.807) is 12.1 Å². The van der Waals surface area contributed by atoms with Crippen molar-refractivity contribution in [3.63, 3.8) is 0 Å². The minimum Gasteiger partial charge on any atom is -0.302 e. The predicted molar refractivity (Wildman–Crippen MR) is 127 cm³/mol. The highest BCUT2D eigenvalue weighted by atomic mass is 32.2. The smallest absolute Gasteiger partial charge is 0.244 e. The Kier molecular flexibility index (Phi) is 6.39. The molecular weight excluding hydrogens is 450 g/mol. The van der Waals surface area contributed by atoms with Gasteiger partial charge in [-0.3, -0.25) is 4.79 Å². The summed E-state index contributed by atoms with van der Waals surface area (Å²) in [4.78, 5) is 18.5. The molecule has 0 bridgehead atoms. The number of hydrogen-bond acceptors (Lipinski definition) is 6. The fourth-order valence-electron chi connectivity index (χ4n) is 3.96. The van der Waals surface area contributed by atoms with Gasteiger partial charge in [0.2, 0.25) is 15.9 Å². The number of piperidine rings is 1. The van der Waals surface area contributed by atoms with Crippen LogP contribution in [0.3, 0.4) is 0 Å². The number of aryl methyl sites for hydroxylation is 2. The number of carbonyl (C=O) groups excluding carboxylic acids is 1. The van der Waals surface area contributed by atoms with Crippen LogP contribution >= 0.6 is 23.1 Å². The first-order chi connectivity index (χ1) is 14.8. The van der Waals surface area contributed by atoms with Gasteiger partial charge in [-0.15, -0.1) is 11.8 Å². The van der Waals surface area contributed by atoms with Crippen LogP contribution in [0.25, 0.3) is 10.2 Å². The molecule has 1 fully saturated rings. The number of nitrogens with one attached hydrogen (secondary N) is 1. The monoisotopic (exact) mass is 475 g/mol. The zero-order valence-electron chi connectivity index (χ0n) is 17.7. The molecule has 0 spiro atoms. The Morgan fingerprint density at radius 2 is 1.90 bits per heavy atom. The summed E-state index contributed by atoms with van der Waals surface area (Å²) in [5.41, 5.74) is 3.18. The molecule has 2 aromatic carbocycles. The summed E-state index contributed by atoms with van der Waals surface area (Å²) in [5, 5.41) is 3.54. The Morgan fingerprint density at radius 3 is 2.61 bits per heavy atom. The topological polar surface area (TPSA) is 79.4 Å². The molecule has 0 atom stereocenters. The van der Waals surface area contributed by atoms with Gasteiger partial charge in [0.05, 0.1) is 15.1 Å². The third-order valence-corrected chi connectivity index (χ3v) is 9.37. The van der Waals surface area contributed by atoms with Gasteiger partial charge < -0.3 is 5.32 Å². The molecule has 1 aliphatic rings. The Labute approximate surface area is 191 Å². The minimum absolute atomic E-state index is 0.0880. The number of amides is 1. The molecular formula is C22H25N3O3S3. The molecule has 6 nitrogen and oxygen atoms in total. The van der Waals surface area contributed by atoms with Crippen molar-refractivity contribution in [2.45, 2.75) is 36.5 Å². The highest BCUT2D eigenvalue weighted by Crippen LogP contribution is 2.32. The van der Waals surface area contributed by atoms with Crippen LogP contribution in [-0.2, 0) is 14.8 Å². The van der Waals surface area contributed by atoms with Gasteiger partial charge in [0, 0.05) is 23.9 Å². The van der Waals surface area contributed by atoms with Crippen LogP contribution in [0.1, 0.15) is 24.0 Å². The number of thiazole rings is 1. The standard InChI is InChI=1S/C22H25N3O3S3/c1-14-12-15(2)20-18(13-14)30-22(23-20)24-21(26)16-8-10-25(11-9-16)31(27,28)19-7-5-4-6-17(19)29-3/h4-7,12-13,16H,8-11H2,1-3H3,(H,23,24,26). The third kappa shape index (κ3) is 4.50. The van der Waals surface area contributed by atoms with Crippen molar-refractivity contribution < 1.29 is 13.2 Å². The molecule has 1 aliphatic heterocycles. The second-order valence-corrected chi connectivity index (χ2v) is 11.6. The average Bonchev–Trinajstić information content (AvgIpc) is 3.16. The maximum Gasteiger partial charge on any atom is 0.244 e. The van der Waals surface area contributed by atoms with E-state index in [1.807, 2.05) is 32.2 Å². The first kappa shape index (κ1) is 22.3. The SMILES string of the molecule is CSc1ccccc1S(=O)(=O)N1CCC(C(=O)Nc2nc3c(C)cc(C)cc3s2)CC1. The van der Waals surface area contributed by atoms with Crippen LogP contribution in [0.2, 0.25) is 0 Å². The van der Waals surface area contributed by atoms with Crippen LogP contribution in [-0.4, -0.2) is 43.0 Å². The highest BCUT2D eigenvalue weighted by Gasteiger charge is 2.33. The maximum atomic E-state index is 13.1. The normalized spacial score (nSPS) is 16.0. The van der Waals surface area contributed by atoms with Crippen LogP contribution < -0.4 is 5.32 Å². The van der Waals surface area contributed by atoms with Crippen molar-refractivity contribution in [2.24, 2.45) is 5.92 Å². The predicted octanol–water partition coefficient (Wildman–Crippen LogP) is 4.67. The van der Waals surface area contributed by atoms with E-state index in [2.05, 4.69) is 22.4 Å². The van der Waals surface area contributed by atoms with E-state index in [1.165, 1.54) is 33.0 Å². The number of thioether (sulfide) groups is 1. The molecule has 0 saturated carbocycles. The number of nitrogens with zero attached hydrogens (tertiary/aromatic N) is 2. The molecule has 1 saturated heterocycles. The minimum atomic E-state index is -3.57. The Balaban J connectivity index is 1.43. The molecule has 0 unspecified atom stereocenters. The second-order valence-electron chi connectivity index (χ2n) is 7.77. The zero-order chi connectivity index (χ0) is 22.2. The molecule has 4 rings (SSSR count). The number of hydrogen-bond donors (Lipinski definition) is 1. The molecule has 1 amide bonds. The van der Waals surface area contributed by atoms with Crippen molar-refractivity contribution in [1.82, 2.24) is 9.29 Å². The molecule has 2 heterocycles. The van der Waals surface area contributed by atoms with Gasteiger partial charge in [0.1, 0.15) is 0 Å². The van der Waals surface area contributed by atoms with Gasteiger partial charge in [0.15, 0.2) is 5.13 Å². The second kappa shape index (κ2) is 8.90. The number of carbonyl (C=O) groups is 1. The average molecular weight is 476 g/mol. The number of anilines is 1. The van der Waals surface area contributed by atoms with E-state index in [-0.39, 0.29) is 11.8 Å². The lowest BCUT2D eigenvalue weighted by atomic mass is 9.97. The number of rotatable bonds is 5. The summed E-state index contributed by atoms with van der Waals surface area (Å²) >= 11 is 2.89. The number of sulfonamides is 1. The van der Waals surface area contributed by atoms with Crippen molar-refractivity contribution in [2.75, 3.05) is 24.7 Å². The van der Waals surface area contributed by atoms with Crippen LogP contribution in [0.5, 0.6) is 0 Å². The molecule has 1 N–H and O–H groups in total. The van der Waals surface area contributed by atoms with Gasteiger partial charge in [-0.25, -0.2) is 13.4 Å². The number of fused-ring (bicyclic) bond motifs is 1. The first-order valence-electron chi connectivity index (χ1n) is 10.1. The van der Waals surface area contributed by atoms with Crippen molar-refractivity contribution in [1.29, 1.82) is 0 Å². The van der Waals surface area contributed by atoms with Crippen molar-refractivity contribution in [3.8, 4) is 0 Å². The van der Waals surface area contributed by atoms with E-state index in [4.69, 9.17) is 0 Å². The summed E-state index contributed by atoms with van der Waals surface area (Å²) in [5.74, 6) is -0.313. The number of benzene rings is 2. The quantitative estimate of drug-likeness (QED) is 0.542. The molecule has 0 aliphatic carbocycles. The lowest BCUT2D eigenvalue weighted by Gasteiger charge is -2.30. The molecule has 31 heavy (non-hydrogen) atoms. The lowest BCUT2D eigenvalue weighted by Crippen LogP contribution is -2.41. The summed E-state index contributed by atoms with van der Waals surface area (Å²) in [6, 6.07) is 11.2. The highest BCUT2D eigenvalue weighted by molar-refractivity contribution is 7.99. The summed E-state index contributed by atoms with van der Waals surface area (Å²) < 4.78 is 28.7. The van der Waals surface area contributed by atoms with E-state index < -0.39 is 10.0 Å². The van der Waals surface area contributed by atoms with Crippen LogP contribution in [0, 0.1) is 19.8 Å². The summed E-state index contributed by atoms with van der Waals surface area (Å²) in [7, 11) is -3.57. The Morgan fingerprint density at radius 1 is 1.19 bits per heavy atom. The fourth-order valence-corrected chi connectivity index (χ4v) is 7.60. The van der Waals surface area contributed by atoms with Crippen molar-refractivity contribution in [3.05, 3.63) is 47.5 Å². The summed E-state index contributed by atoms with van der Waals surface area (Å²) in [6.45, 7) is 4.73. The Hall–Kier alpha value is -1.94. The molecule has 3 aromatic rings. The largest absolute Gasteiger partial charge is 0.302 e. The molecule has 9 heteroatoms. The first-order valence-corrected chi connectivity index (χ1v) is 13.6. The molecule has 0 radical (unpaired) electrons.